The first kappa shape index (κ1) is 21.2. The molecule has 0 bridgehead atoms. The number of quaternary nitrogens is 1. The summed E-state index contributed by atoms with van der Waals surface area (Å²) in [4.78, 5) is 34.3. The quantitative estimate of drug-likeness (QED) is 0.638. The summed E-state index contributed by atoms with van der Waals surface area (Å²) in [7, 11) is 0. The van der Waals surface area contributed by atoms with Crippen molar-refractivity contribution >= 4 is 16.8 Å². The fourth-order valence-corrected chi connectivity index (χ4v) is 5.28. The summed E-state index contributed by atoms with van der Waals surface area (Å²) in [6.45, 7) is 5.11. The smallest absolute Gasteiger partial charge is 0.261 e. The maximum Gasteiger partial charge on any atom is 0.261 e. The number of carbonyl (C=O) groups is 1. The van der Waals surface area contributed by atoms with Crippen molar-refractivity contribution in [1.29, 1.82) is 0 Å². The van der Waals surface area contributed by atoms with Crippen LogP contribution in [0.4, 0.5) is 0 Å². The van der Waals surface area contributed by atoms with Crippen LogP contribution in [0.3, 0.4) is 0 Å². The van der Waals surface area contributed by atoms with E-state index in [0.29, 0.717) is 29.6 Å². The van der Waals surface area contributed by atoms with E-state index in [1.165, 1.54) is 10.5 Å². The van der Waals surface area contributed by atoms with Crippen LogP contribution in [0.5, 0.6) is 11.5 Å². The summed E-state index contributed by atoms with van der Waals surface area (Å²) < 4.78 is 12.7. The van der Waals surface area contributed by atoms with Gasteiger partial charge in [0.2, 0.25) is 6.79 Å². The zero-order valence-corrected chi connectivity index (χ0v) is 19.2. The third-order valence-corrected chi connectivity index (χ3v) is 7.21. The second-order valence-electron chi connectivity index (χ2n) is 9.43. The van der Waals surface area contributed by atoms with Crippen LogP contribution in [0.2, 0.25) is 0 Å². The van der Waals surface area contributed by atoms with Gasteiger partial charge in [0, 0.05) is 24.1 Å². The standard InChI is InChI=1S/C26H28N4O4/c31-25(19-6-7-20-21(15-19)27-24-4-2-1-3-9-30(24)26(20)32)29-12-10-28(11-13-29)16-18-5-8-22-23(14-18)34-17-33-22/h5-8,14-15H,1-4,9-13,16-17H2/p+1. The molecule has 2 aromatic carbocycles. The molecule has 4 heterocycles. The number of hydrogen-bond donors (Lipinski definition) is 1. The van der Waals surface area contributed by atoms with Crippen molar-refractivity contribution in [2.24, 2.45) is 0 Å². The van der Waals surface area contributed by atoms with Gasteiger partial charge < -0.3 is 19.3 Å². The Morgan fingerprint density at radius 2 is 1.82 bits per heavy atom. The molecule has 3 aliphatic heterocycles. The van der Waals surface area contributed by atoms with Crippen LogP contribution in [0.15, 0.2) is 41.2 Å². The van der Waals surface area contributed by atoms with Gasteiger partial charge in [-0.05, 0) is 49.2 Å². The van der Waals surface area contributed by atoms with Crippen molar-refractivity contribution in [2.75, 3.05) is 33.0 Å². The van der Waals surface area contributed by atoms with E-state index in [1.54, 1.807) is 18.2 Å². The number of aryl methyl sites for hydroxylation is 1. The Morgan fingerprint density at radius 3 is 2.71 bits per heavy atom. The summed E-state index contributed by atoms with van der Waals surface area (Å²) in [6.07, 6.45) is 4.00. The average molecular weight is 462 g/mol. The van der Waals surface area contributed by atoms with Crippen LogP contribution in [0, 0.1) is 0 Å². The molecule has 0 aliphatic carbocycles. The van der Waals surface area contributed by atoms with Crippen LogP contribution < -0.4 is 19.9 Å². The molecular formula is C26H29N4O4+. The molecule has 0 spiro atoms. The Morgan fingerprint density at radius 1 is 0.971 bits per heavy atom. The van der Waals surface area contributed by atoms with E-state index in [2.05, 4.69) is 12.1 Å². The highest BCUT2D eigenvalue weighted by atomic mass is 16.7. The third-order valence-electron chi connectivity index (χ3n) is 7.21. The van der Waals surface area contributed by atoms with Crippen LogP contribution >= 0.6 is 0 Å². The lowest BCUT2D eigenvalue weighted by atomic mass is 10.1. The largest absolute Gasteiger partial charge is 0.454 e. The highest BCUT2D eigenvalue weighted by molar-refractivity contribution is 5.97. The lowest BCUT2D eigenvalue weighted by Crippen LogP contribution is -3.13. The predicted octanol–water partition coefficient (Wildman–Crippen LogP) is 1.39. The van der Waals surface area contributed by atoms with E-state index in [4.69, 9.17) is 14.5 Å². The van der Waals surface area contributed by atoms with E-state index in [9.17, 15) is 9.59 Å². The van der Waals surface area contributed by atoms with Gasteiger partial charge in [0.1, 0.15) is 12.4 Å². The van der Waals surface area contributed by atoms with E-state index < -0.39 is 0 Å². The van der Waals surface area contributed by atoms with Crippen molar-refractivity contribution in [1.82, 2.24) is 14.5 Å². The van der Waals surface area contributed by atoms with Gasteiger partial charge in [-0.1, -0.05) is 6.42 Å². The summed E-state index contributed by atoms with van der Waals surface area (Å²) in [5.74, 6) is 2.48. The van der Waals surface area contributed by atoms with Gasteiger partial charge in [-0.3, -0.25) is 14.2 Å². The van der Waals surface area contributed by atoms with Gasteiger partial charge in [0.15, 0.2) is 11.5 Å². The molecule has 0 unspecified atom stereocenters. The molecule has 1 fully saturated rings. The molecule has 34 heavy (non-hydrogen) atoms. The van der Waals surface area contributed by atoms with Crippen molar-refractivity contribution in [2.45, 2.75) is 38.8 Å². The Kier molecular flexibility index (Phi) is 5.45. The number of rotatable bonds is 3. The SMILES string of the molecule is O=C(c1ccc2c(=O)n3c(nc2c1)CCCCC3)N1CC[NH+](Cc2ccc3c(c2)OCO3)CC1. The Balaban J connectivity index is 1.14. The second-order valence-corrected chi connectivity index (χ2v) is 9.43. The molecule has 1 amide bonds. The minimum Gasteiger partial charge on any atom is -0.454 e. The van der Waals surface area contributed by atoms with Gasteiger partial charge in [-0.25, -0.2) is 4.98 Å². The van der Waals surface area contributed by atoms with Crippen LogP contribution in [-0.4, -0.2) is 53.3 Å². The number of piperazine rings is 1. The van der Waals surface area contributed by atoms with Crippen LogP contribution in [0.1, 0.15) is 41.0 Å². The molecule has 1 saturated heterocycles. The summed E-state index contributed by atoms with van der Waals surface area (Å²) in [5, 5.41) is 0.597. The molecule has 3 aromatic rings. The molecular weight excluding hydrogens is 432 g/mol. The fourth-order valence-electron chi connectivity index (χ4n) is 5.28. The minimum absolute atomic E-state index is 0.0147. The van der Waals surface area contributed by atoms with E-state index >= 15 is 0 Å². The number of ether oxygens (including phenoxy) is 2. The van der Waals surface area contributed by atoms with Gasteiger partial charge in [-0.15, -0.1) is 0 Å². The second kappa shape index (κ2) is 8.76. The van der Waals surface area contributed by atoms with Crippen LogP contribution in [0.25, 0.3) is 10.9 Å². The number of nitrogens with zero attached hydrogens (tertiary/aromatic N) is 3. The number of fused-ring (bicyclic) bond motifs is 3. The molecule has 176 valence electrons. The molecule has 6 rings (SSSR count). The first-order valence-corrected chi connectivity index (χ1v) is 12.2. The summed E-state index contributed by atoms with van der Waals surface area (Å²) in [6, 6.07) is 11.5. The number of nitrogens with one attached hydrogen (secondary N) is 1. The van der Waals surface area contributed by atoms with Gasteiger partial charge >= 0.3 is 0 Å². The highest BCUT2D eigenvalue weighted by Gasteiger charge is 2.26. The Labute approximate surface area is 197 Å². The monoisotopic (exact) mass is 461 g/mol. The molecule has 0 saturated carbocycles. The molecule has 3 aliphatic rings. The Hall–Kier alpha value is -3.39. The molecule has 8 nitrogen and oxygen atoms in total. The number of carbonyl (C=O) groups excluding carboxylic acids is 1. The number of benzene rings is 2. The number of aromatic nitrogens is 2. The molecule has 1 N–H and O–H groups in total. The zero-order valence-electron chi connectivity index (χ0n) is 19.2. The number of amides is 1. The van der Waals surface area contributed by atoms with Gasteiger partial charge in [-0.2, -0.15) is 0 Å². The molecule has 0 atom stereocenters. The van der Waals surface area contributed by atoms with E-state index in [-0.39, 0.29) is 18.3 Å². The first-order chi connectivity index (χ1) is 16.7. The van der Waals surface area contributed by atoms with Crippen molar-refractivity contribution < 1.29 is 19.2 Å². The van der Waals surface area contributed by atoms with Crippen LogP contribution in [-0.2, 0) is 19.5 Å². The lowest BCUT2D eigenvalue weighted by molar-refractivity contribution is -0.917. The normalized spacial score (nSPS) is 18.1. The zero-order chi connectivity index (χ0) is 23.1. The third kappa shape index (κ3) is 3.92. The van der Waals surface area contributed by atoms with Crippen molar-refractivity contribution in [3.63, 3.8) is 0 Å². The first-order valence-electron chi connectivity index (χ1n) is 12.2. The molecule has 8 heteroatoms. The molecule has 1 aromatic heterocycles. The number of hydrogen-bond acceptors (Lipinski definition) is 5. The summed E-state index contributed by atoms with van der Waals surface area (Å²) >= 11 is 0. The van der Waals surface area contributed by atoms with Gasteiger partial charge in [0.05, 0.1) is 37.1 Å². The van der Waals surface area contributed by atoms with E-state index in [0.717, 1.165) is 69.2 Å². The van der Waals surface area contributed by atoms with Gasteiger partial charge in [0.25, 0.3) is 11.5 Å². The minimum atomic E-state index is 0.0147. The maximum absolute atomic E-state index is 13.2. The fraction of sp³-hybridized carbons (Fsp3) is 0.423. The maximum atomic E-state index is 13.2. The Bertz CT molecular complexity index is 1310. The summed E-state index contributed by atoms with van der Waals surface area (Å²) in [5.41, 5.74) is 2.47. The molecule has 0 radical (unpaired) electrons. The van der Waals surface area contributed by atoms with Crippen molar-refractivity contribution in [3.8, 4) is 11.5 Å². The lowest BCUT2D eigenvalue weighted by Gasteiger charge is -2.32. The predicted molar refractivity (Wildman–Crippen MR) is 126 cm³/mol. The highest BCUT2D eigenvalue weighted by Crippen LogP contribution is 2.32. The topological polar surface area (TPSA) is 78.1 Å². The average Bonchev–Trinajstić information content (AvgIpc) is 3.20. The van der Waals surface area contributed by atoms with E-state index in [1.807, 2.05) is 15.5 Å². The van der Waals surface area contributed by atoms with Crippen molar-refractivity contribution in [3.05, 3.63) is 63.7 Å².